The van der Waals surface area contributed by atoms with Crippen molar-refractivity contribution >= 4 is 29.6 Å². The van der Waals surface area contributed by atoms with Crippen molar-refractivity contribution in [2.24, 2.45) is 0 Å². The summed E-state index contributed by atoms with van der Waals surface area (Å²) in [7, 11) is 1.51. The maximum absolute atomic E-state index is 13.8. The fraction of sp³-hybridized carbons (Fsp3) is 0.360. The summed E-state index contributed by atoms with van der Waals surface area (Å²) in [5.41, 5.74) is 1.33. The van der Waals surface area contributed by atoms with E-state index in [2.05, 4.69) is 16.0 Å². The molecular formula is C25H26FN5O5. The Balaban J connectivity index is 1.35. The summed E-state index contributed by atoms with van der Waals surface area (Å²) in [5, 5.41) is 7.98. The zero-order valence-corrected chi connectivity index (χ0v) is 19.9. The van der Waals surface area contributed by atoms with Gasteiger partial charge in [-0.05, 0) is 61.2 Å². The lowest BCUT2D eigenvalue weighted by molar-refractivity contribution is -0.140. The van der Waals surface area contributed by atoms with Gasteiger partial charge in [0.05, 0.1) is 6.04 Å². The molecule has 2 aliphatic heterocycles. The second kappa shape index (κ2) is 8.81. The van der Waals surface area contributed by atoms with E-state index in [9.17, 15) is 23.6 Å². The van der Waals surface area contributed by atoms with E-state index >= 15 is 0 Å². The normalized spacial score (nSPS) is 22.5. The minimum Gasteiger partial charge on any atom is -0.491 e. The molecule has 1 saturated heterocycles. The molecule has 188 valence electrons. The first-order valence-electron chi connectivity index (χ1n) is 11.7. The molecule has 0 bridgehead atoms. The predicted molar refractivity (Wildman–Crippen MR) is 127 cm³/mol. The highest BCUT2D eigenvalue weighted by atomic mass is 19.1. The molecule has 0 radical (unpaired) electrons. The summed E-state index contributed by atoms with van der Waals surface area (Å²) < 4.78 is 19.5. The van der Waals surface area contributed by atoms with Gasteiger partial charge < -0.3 is 25.6 Å². The molecule has 2 heterocycles. The van der Waals surface area contributed by atoms with Gasteiger partial charge in [0.2, 0.25) is 5.91 Å². The molecule has 2 aromatic carbocycles. The molecule has 0 saturated carbocycles. The van der Waals surface area contributed by atoms with Crippen molar-refractivity contribution in [1.82, 2.24) is 20.4 Å². The van der Waals surface area contributed by atoms with Gasteiger partial charge in [0.1, 0.15) is 30.3 Å². The molecule has 0 aromatic heterocycles. The van der Waals surface area contributed by atoms with Gasteiger partial charge in [-0.1, -0.05) is 6.07 Å². The van der Waals surface area contributed by atoms with Crippen molar-refractivity contribution in [3.63, 3.8) is 0 Å². The number of anilines is 1. The Kier molecular flexibility index (Phi) is 5.77. The summed E-state index contributed by atoms with van der Waals surface area (Å²) in [5.74, 6) is -0.867. The predicted octanol–water partition coefficient (Wildman–Crippen LogP) is 2.08. The first-order chi connectivity index (χ1) is 17.2. The SMILES string of the molecule is CNC(=O)Nc1ccc2c(c1)CC[C@]21NC(=O)N(CC(=O)N2Cc3cc(F)ccc3OC[C@H]2C)C1=O. The quantitative estimate of drug-likeness (QED) is 0.564. The average Bonchev–Trinajstić information content (AvgIpc) is 3.26. The number of carbonyl (C=O) groups is 4. The molecule has 3 aliphatic rings. The maximum Gasteiger partial charge on any atom is 0.325 e. The molecule has 2 aromatic rings. The first-order valence-corrected chi connectivity index (χ1v) is 11.7. The zero-order chi connectivity index (χ0) is 25.6. The minimum atomic E-state index is -1.25. The van der Waals surface area contributed by atoms with E-state index in [1.54, 1.807) is 25.1 Å². The van der Waals surface area contributed by atoms with Crippen LogP contribution in [0.3, 0.4) is 0 Å². The van der Waals surface area contributed by atoms with Crippen LogP contribution < -0.4 is 20.7 Å². The van der Waals surface area contributed by atoms with Crippen molar-refractivity contribution in [2.45, 2.75) is 37.9 Å². The molecule has 1 aliphatic carbocycles. The number of aryl methyl sites for hydroxylation is 1. The van der Waals surface area contributed by atoms with Gasteiger partial charge in [0, 0.05) is 24.8 Å². The zero-order valence-electron chi connectivity index (χ0n) is 19.9. The number of hydrogen-bond donors (Lipinski definition) is 3. The van der Waals surface area contributed by atoms with Crippen LogP contribution in [0.4, 0.5) is 19.7 Å². The van der Waals surface area contributed by atoms with Gasteiger partial charge in [0.15, 0.2) is 0 Å². The molecule has 0 unspecified atom stereocenters. The molecule has 6 amide bonds. The van der Waals surface area contributed by atoms with E-state index < -0.39 is 35.7 Å². The lowest BCUT2D eigenvalue weighted by atomic mass is 9.91. The summed E-state index contributed by atoms with van der Waals surface area (Å²) >= 11 is 0. The third-order valence-electron chi connectivity index (χ3n) is 6.98. The van der Waals surface area contributed by atoms with Gasteiger partial charge in [-0.2, -0.15) is 0 Å². The Morgan fingerprint density at radius 1 is 1.19 bits per heavy atom. The second-order valence-corrected chi connectivity index (χ2v) is 9.24. The lowest BCUT2D eigenvalue weighted by Crippen LogP contribution is -2.47. The number of ether oxygens (including phenoxy) is 1. The van der Waals surface area contributed by atoms with Crippen molar-refractivity contribution in [1.29, 1.82) is 0 Å². The molecule has 5 rings (SSSR count). The van der Waals surface area contributed by atoms with Crippen LogP contribution >= 0.6 is 0 Å². The first kappa shape index (κ1) is 23.6. The van der Waals surface area contributed by atoms with Crippen LogP contribution in [0.2, 0.25) is 0 Å². The number of imide groups is 1. The molecular weight excluding hydrogens is 469 g/mol. The van der Waals surface area contributed by atoms with E-state index in [0.717, 1.165) is 10.5 Å². The smallest absolute Gasteiger partial charge is 0.325 e. The van der Waals surface area contributed by atoms with Crippen molar-refractivity contribution in [3.05, 3.63) is 58.9 Å². The van der Waals surface area contributed by atoms with Gasteiger partial charge in [-0.15, -0.1) is 0 Å². The van der Waals surface area contributed by atoms with Crippen molar-refractivity contribution < 1.29 is 28.3 Å². The minimum absolute atomic E-state index is 0.103. The molecule has 36 heavy (non-hydrogen) atoms. The van der Waals surface area contributed by atoms with Crippen LogP contribution in [0.5, 0.6) is 5.75 Å². The number of benzene rings is 2. The molecule has 1 fully saturated rings. The Morgan fingerprint density at radius 3 is 2.78 bits per heavy atom. The topological polar surface area (TPSA) is 120 Å². The van der Waals surface area contributed by atoms with E-state index in [1.165, 1.54) is 30.1 Å². The lowest BCUT2D eigenvalue weighted by Gasteiger charge is -2.28. The Hall–Kier alpha value is -4.15. The van der Waals surface area contributed by atoms with Crippen LogP contribution in [-0.4, -0.2) is 59.9 Å². The Labute approximate surface area is 206 Å². The largest absolute Gasteiger partial charge is 0.491 e. The van der Waals surface area contributed by atoms with E-state index in [4.69, 9.17) is 4.74 Å². The van der Waals surface area contributed by atoms with Crippen LogP contribution in [0, 0.1) is 5.82 Å². The highest BCUT2D eigenvalue weighted by Crippen LogP contribution is 2.42. The van der Waals surface area contributed by atoms with Crippen LogP contribution in [0.1, 0.15) is 30.0 Å². The number of nitrogens with one attached hydrogen (secondary N) is 3. The molecule has 2 atom stereocenters. The van der Waals surface area contributed by atoms with Gasteiger partial charge >= 0.3 is 12.1 Å². The van der Waals surface area contributed by atoms with Gasteiger partial charge in [-0.3, -0.25) is 14.5 Å². The number of fused-ring (bicyclic) bond motifs is 3. The van der Waals surface area contributed by atoms with E-state index in [0.29, 0.717) is 35.4 Å². The summed E-state index contributed by atoms with van der Waals surface area (Å²) in [4.78, 5) is 53.8. The van der Waals surface area contributed by atoms with Crippen molar-refractivity contribution in [3.8, 4) is 5.75 Å². The van der Waals surface area contributed by atoms with Crippen LogP contribution in [0.25, 0.3) is 0 Å². The maximum atomic E-state index is 13.8. The van der Waals surface area contributed by atoms with Crippen molar-refractivity contribution in [2.75, 3.05) is 25.5 Å². The highest BCUT2D eigenvalue weighted by molar-refractivity contribution is 6.10. The Bertz CT molecular complexity index is 1280. The third-order valence-corrected chi connectivity index (χ3v) is 6.98. The van der Waals surface area contributed by atoms with Gasteiger partial charge in [-0.25, -0.2) is 14.0 Å². The third kappa shape index (κ3) is 3.90. The van der Waals surface area contributed by atoms with Crippen LogP contribution in [-0.2, 0) is 28.1 Å². The number of urea groups is 2. The number of amides is 6. The van der Waals surface area contributed by atoms with E-state index in [1.807, 2.05) is 0 Å². The number of carbonyl (C=O) groups excluding carboxylic acids is 4. The highest BCUT2D eigenvalue weighted by Gasteiger charge is 2.55. The molecule has 3 N–H and O–H groups in total. The number of nitrogens with zero attached hydrogens (tertiary/aromatic N) is 2. The number of halogens is 1. The monoisotopic (exact) mass is 495 g/mol. The number of hydrogen-bond acceptors (Lipinski definition) is 5. The average molecular weight is 496 g/mol. The van der Waals surface area contributed by atoms with E-state index in [-0.39, 0.29) is 25.2 Å². The molecule has 11 heteroatoms. The fourth-order valence-corrected chi connectivity index (χ4v) is 5.08. The Morgan fingerprint density at radius 2 is 2.00 bits per heavy atom. The number of rotatable bonds is 3. The molecule has 1 spiro atoms. The standard InChI is InChI=1S/C25H26FN5O5/c1-14-13-36-20-6-3-17(26)9-16(20)11-30(14)21(32)12-31-22(33)25(29-24(31)35)8-7-15-10-18(4-5-19(15)25)28-23(34)27-2/h3-6,9-10,14H,7-8,11-13H2,1-2H3,(H,29,35)(H2,27,28,34)/t14-,25+/m1/s1. The summed E-state index contributed by atoms with van der Waals surface area (Å²) in [6.45, 7) is 1.66. The van der Waals surface area contributed by atoms with Gasteiger partial charge in [0.25, 0.3) is 5.91 Å². The summed E-state index contributed by atoms with van der Waals surface area (Å²) in [6, 6.07) is 7.96. The summed E-state index contributed by atoms with van der Waals surface area (Å²) in [6.07, 6.45) is 0.872. The fourth-order valence-electron chi connectivity index (χ4n) is 5.08. The van der Waals surface area contributed by atoms with Crippen LogP contribution in [0.15, 0.2) is 36.4 Å². The molecule has 10 nitrogen and oxygen atoms in total. The second-order valence-electron chi connectivity index (χ2n) is 9.24.